The Morgan fingerprint density at radius 3 is 2.79 bits per heavy atom. The second kappa shape index (κ2) is 7.32. The monoisotopic (exact) mass is 397 g/mol. The Bertz CT molecular complexity index is 909. The van der Waals surface area contributed by atoms with Gasteiger partial charge in [0, 0.05) is 12.5 Å². The van der Waals surface area contributed by atoms with Crippen molar-refractivity contribution in [3.8, 4) is 11.5 Å². The first kappa shape index (κ1) is 17.9. The number of aryl methyl sites for hydroxylation is 1. The zero-order valence-corrected chi connectivity index (χ0v) is 16.6. The summed E-state index contributed by atoms with van der Waals surface area (Å²) in [5, 5.41) is 0.520. The quantitative estimate of drug-likeness (QED) is 0.749. The van der Waals surface area contributed by atoms with Gasteiger partial charge in [0.25, 0.3) is 0 Å². The number of carbonyl (C=O) groups excluding carboxylic acids is 1. The highest BCUT2D eigenvalue weighted by Crippen LogP contribution is 2.43. The van der Waals surface area contributed by atoms with E-state index in [0.29, 0.717) is 42.2 Å². The lowest BCUT2D eigenvalue weighted by Crippen LogP contribution is -2.37. The molecule has 146 valence electrons. The van der Waals surface area contributed by atoms with E-state index in [1.54, 1.807) is 0 Å². The number of benzene rings is 2. The van der Waals surface area contributed by atoms with Gasteiger partial charge in [-0.15, -0.1) is 0 Å². The van der Waals surface area contributed by atoms with Gasteiger partial charge in [-0.3, -0.25) is 4.79 Å². The minimum atomic E-state index is 0.176. The summed E-state index contributed by atoms with van der Waals surface area (Å²) in [7, 11) is 0. The Kier molecular flexibility index (Phi) is 4.67. The second-order valence-corrected chi connectivity index (χ2v) is 8.32. The third-order valence-electron chi connectivity index (χ3n) is 5.88. The standard InChI is InChI=1S/C23H24ClNO3/c24-19-12-15(13-21-23(19)28-11-3-10-27-21)14-22(26)25(17-7-8-17)20-9-6-16-4-1-2-5-18(16)20/h1-2,4-5,12-13,17,20H,3,6-11,14H2. The molecule has 2 aromatic carbocycles. The molecule has 5 heteroatoms. The third-order valence-corrected chi connectivity index (χ3v) is 6.16. The fraction of sp³-hybridized carbons (Fsp3) is 0.435. The molecule has 1 unspecified atom stereocenters. The highest BCUT2D eigenvalue weighted by molar-refractivity contribution is 6.32. The molecule has 0 bridgehead atoms. The molecule has 1 fully saturated rings. The van der Waals surface area contributed by atoms with Crippen molar-refractivity contribution in [2.75, 3.05) is 13.2 Å². The summed E-state index contributed by atoms with van der Waals surface area (Å²) in [5.74, 6) is 1.42. The van der Waals surface area contributed by atoms with Crippen molar-refractivity contribution in [3.05, 3.63) is 58.1 Å². The van der Waals surface area contributed by atoms with Crippen LogP contribution >= 0.6 is 11.6 Å². The fourth-order valence-electron chi connectivity index (χ4n) is 4.46. The summed E-state index contributed by atoms with van der Waals surface area (Å²) in [4.78, 5) is 15.5. The fourth-order valence-corrected chi connectivity index (χ4v) is 4.75. The normalized spacial score (nSPS) is 20.4. The molecule has 5 rings (SSSR count). The van der Waals surface area contributed by atoms with Gasteiger partial charge < -0.3 is 14.4 Å². The third kappa shape index (κ3) is 3.35. The van der Waals surface area contributed by atoms with Crippen LogP contribution in [0, 0.1) is 0 Å². The highest BCUT2D eigenvalue weighted by atomic mass is 35.5. The maximum atomic E-state index is 13.3. The van der Waals surface area contributed by atoms with Crippen LogP contribution in [0.2, 0.25) is 5.02 Å². The number of rotatable bonds is 4. The van der Waals surface area contributed by atoms with E-state index in [2.05, 4.69) is 29.2 Å². The first-order valence-corrected chi connectivity index (χ1v) is 10.6. The van der Waals surface area contributed by atoms with Crippen LogP contribution in [-0.2, 0) is 17.6 Å². The number of ether oxygens (including phenoxy) is 2. The molecule has 3 aliphatic rings. The molecule has 0 aromatic heterocycles. The molecule has 1 aliphatic heterocycles. The molecule has 0 N–H and O–H groups in total. The zero-order chi connectivity index (χ0) is 19.1. The Labute approximate surface area is 170 Å². The van der Waals surface area contributed by atoms with Gasteiger partial charge in [0.15, 0.2) is 11.5 Å². The summed E-state index contributed by atoms with van der Waals surface area (Å²) in [5.41, 5.74) is 3.58. The van der Waals surface area contributed by atoms with Crippen LogP contribution in [-0.4, -0.2) is 30.1 Å². The number of halogens is 1. The number of hydrogen-bond acceptors (Lipinski definition) is 3. The molecule has 1 atom stereocenters. The van der Waals surface area contributed by atoms with Gasteiger partial charge in [-0.2, -0.15) is 0 Å². The first-order chi connectivity index (χ1) is 13.7. The maximum absolute atomic E-state index is 13.3. The van der Waals surface area contributed by atoms with Crippen LogP contribution in [0.5, 0.6) is 11.5 Å². The van der Waals surface area contributed by atoms with Gasteiger partial charge in [-0.25, -0.2) is 0 Å². The number of nitrogens with zero attached hydrogens (tertiary/aromatic N) is 1. The van der Waals surface area contributed by atoms with Gasteiger partial charge in [-0.1, -0.05) is 35.9 Å². The Hall–Kier alpha value is -2.20. The Morgan fingerprint density at radius 1 is 1.11 bits per heavy atom. The summed E-state index contributed by atoms with van der Waals surface area (Å²) < 4.78 is 11.5. The van der Waals surface area contributed by atoms with Crippen molar-refractivity contribution in [2.45, 2.75) is 50.6 Å². The van der Waals surface area contributed by atoms with Crippen molar-refractivity contribution in [1.29, 1.82) is 0 Å². The summed E-state index contributed by atoms with van der Waals surface area (Å²) in [6.45, 7) is 1.20. The van der Waals surface area contributed by atoms with Crippen LogP contribution in [0.1, 0.15) is 48.4 Å². The largest absolute Gasteiger partial charge is 0.489 e. The molecule has 1 heterocycles. The van der Waals surface area contributed by atoms with Gasteiger partial charge in [0.1, 0.15) is 0 Å². The van der Waals surface area contributed by atoms with Crippen molar-refractivity contribution in [2.24, 2.45) is 0 Å². The molecule has 28 heavy (non-hydrogen) atoms. The van der Waals surface area contributed by atoms with E-state index in [1.807, 2.05) is 12.1 Å². The van der Waals surface area contributed by atoms with Gasteiger partial charge >= 0.3 is 0 Å². The molecule has 0 radical (unpaired) electrons. The summed E-state index contributed by atoms with van der Waals surface area (Å²) in [6, 6.07) is 12.9. The lowest BCUT2D eigenvalue weighted by molar-refractivity contribution is -0.133. The van der Waals surface area contributed by atoms with E-state index in [4.69, 9.17) is 21.1 Å². The number of fused-ring (bicyclic) bond motifs is 2. The van der Waals surface area contributed by atoms with Crippen LogP contribution < -0.4 is 9.47 Å². The van der Waals surface area contributed by atoms with E-state index in [1.165, 1.54) is 11.1 Å². The lowest BCUT2D eigenvalue weighted by atomic mass is 10.0. The topological polar surface area (TPSA) is 38.8 Å². The second-order valence-electron chi connectivity index (χ2n) is 7.92. The predicted molar refractivity (Wildman–Crippen MR) is 108 cm³/mol. The minimum Gasteiger partial charge on any atom is -0.489 e. The van der Waals surface area contributed by atoms with Crippen LogP contribution in [0.4, 0.5) is 0 Å². The smallest absolute Gasteiger partial charge is 0.227 e. The maximum Gasteiger partial charge on any atom is 0.227 e. The summed E-state index contributed by atoms with van der Waals surface area (Å²) >= 11 is 6.42. The van der Waals surface area contributed by atoms with E-state index >= 15 is 0 Å². The predicted octanol–water partition coefficient (Wildman–Crippen LogP) is 4.72. The van der Waals surface area contributed by atoms with Crippen LogP contribution in [0.3, 0.4) is 0 Å². The summed E-state index contributed by atoms with van der Waals surface area (Å²) in [6.07, 6.45) is 5.44. The van der Waals surface area contributed by atoms with Gasteiger partial charge in [0.2, 0.25) is 5.91 Å². The SMILES string of the molecule is O=C(Cc1cc(Cl)c2c(c1)OCCCO2)N(C1CC1)C1CCc2ccccc21. The van der Waals surface area contributed by atoms with E-state index in [9.17, 15) is 4.79 Å². The molecule has 0 spiro atoms. The molecule has 1 amide bonds. The highest BCUT2D eigenvalue weighted by Gasteiger charge is 2.40. The molecular formula is C23H24ClNO3. The van der Waals surface area contributed by atoms with Crippen molar-refractivity contribution in [3.63, 3.8) is 0 Å². The first-order valence-electron chi connectivity index (χ1n) is 10.2. The van der Waals surface area contributed by atoms with E-state index < -0.39 is 0 Å². The van der Waals surface area contributed by atoms with Crippen LogP contribution in [0.25, 0.3) is 0 Å². The number of amides is 1. The van der Waals surface area contributed by atoms with Gasteiger partial charge in [0.05, 0.1) is 30.7 Å². The number of carbonyl (C=O) groups is 1. The Balaban J connectivity index is 1.40. The average Bonchev–Trinajstić information content (AvgIpc) is 3.46. The lowest BCUT2D eigenvalue weighted by Gasteiger charge is -2.30. The van der Waals surface area contributed by atoms with E-state index in [-0.39, 0.29) is 11.9 Å². The zero-order valence-electron chi connectivity index (χ0n) is 15.8. The molecule has 1 saturated carbocycles. The Morgan fingerprint density at radius 2 is 1.93 bits per heavy atom. The number of hydrogen-bond donors (Lipinski definition) is 0. The van der Waals surface area contributed by atoms with Gasteiger partial charge in [-0.05, 0) is 54.5 Å². The molecular weight excluding hydrogens is 374 g/mol. The molecule has 4 nitrogen and oxygen atoms in total. The molecule has 0 saturated heterocycles. The van der Waals surface area contributed by atoms with Crippen molar-refractivity contribution >= 4 is 17.5 Å². The molecule has 2 aliphatic carbocycles. The average molecular weight is 398 g/mol. The van der Waals surface area contributed by atoms with E-state index in [0.717, 1.165) is 37.7 Å². The minimum absolute atomic E-state index is 0.176. The van der Waals surface area contributed by atoms with Crippen molar-refractivity contribution in [1.82, 2.24) is 4.90 Å². The van der Waals surface area contributed by atoms with Crippen LogP contribution in [0.15, 0.2) is 36.4 Å². The molecule has 2 aromatic rings. The van der Waals surface area contributed by atoms with Crippen molar-refractivity contribution < 1.29 is 14.3 Å².